The lowest BCUT2D eigenvalue weighted by atomic mass is 10.6. The van der Waals surface area contributed by atoms with Gasteiger partial charge in [0.2, 0.25) is 0 Å². The predicted molar refractivity (Wildman–Crippen MR) is 69.6 cm³/mol. The van der Waals surface area contributed by atoms with E-state index < -0.39 is 0 Å². The maximum absolute atomic E-state index is 5.27. The summed E-state index contributed by atoms with van der Waals surface area (Å²) in [5.74, 6) is 0. The second-order valence-corrected chi connectivity index (χ2v) is 3.48. The minimum atomic E-state index is 0.597. The molecule has 0 saturated carbocycles. The molecule has 5 heteroatoms. The Kier molecular flexibility index (Phi) is 6.57. The van der Waals surface area contributed by atoms with Crippen LogP contribution < -0.4 is 0 Å². The summed E-state index contributed by atoms with van der Waals surface area (Å²) >= 11 is 5.27. The van der Waals surface area contributed by atoms with Gasteiger partial charge in [-0.15, -0.1) is 0 Å². The Balaban J connectivity index is 4.61. The van der Waals surface area contributed by atoms with Gasteiger partial charge < -0.3 is 4.90 Å². The molecule has 0 amide bonds. The first kappa shape index (κ1) is 13.8. The van der Waals surface area contributed by atoms with Gasteiger partial charge in [0.15, 0.2) is 5.11 Å². The van der Waals surface area contributed by atoms with Gasteiger partial charge in [-0.1, -0.05) is 13.2 Å². The smallest absolute Gasteiger partial charge is 0.186 e. The van der Waals surface area contributed by atoms with Crippen LogP contribution in [-0.2, 0) is 0 Å². The minimum Gasteiger partial charge on any atom is -0.312 e. The number of aliphatic imine (C=N–C) groups is 1. The van der Waals surface area contributed by atoms with Crippen molar-refractivity contribution < 1.29 is 0 Å². The summed E-state index contributed by atoms with van der Waals surface area (Å²) in [7, 11) is 5.61. The van der Waals surface area contributed by atoms with Crippen LogP contribution in [0.3, 0.4) is 0 Å². The fraction of sp³-hybridized carbons (Fsp3) is 0.400. The lowest BCUT2D eigenvalue weighted by Crippen LogP contribution is -2.40. The first-order valence-electron chi connectivity index (χ1n) is 4.47. The maximum atomic E-state index is 5.27. The quantitative estimate of drug-likeness (QED) is 0.305. The molecule has 15 heavy (non-hydrogen) atoms. The van der Waals surface area contributed by atoms with Crippen LogP contribution in [0.25, 0.3) is 0 Å². The van der Waals surface area contributed by atoms with Crippen molar-refractivity contribution in [1.82, 2.24) is 14.7 Å². The normalized spacial score (nSPS) is 10.4. The molecule has 0 aromatic carbocycles. The van der Waals surface area contributed by atoms with Crippen LogP contribution in [0.1, 0.15) is 0 Å². The van der Waals surface area contributed by atoms with E-state index >= 15 is 0 Å². The van der Waals surface area contributed by atoms with E-state index in [1.807, 2.05) is 23.9 Å². The molecule has 0 spiro atoms. The van der Waals surface area contributed by atoms with E-state index in [1.165, 1.54) is 0 Å². The monoisotopic (exact) mass is 226 g/mol. The molecule has 0 heterocycles. The molecule has 0 aromatic rings. The first-order valence-corrected chi connectivity index (χ1v) is 4.88. The van der Waals surface area contributed by atoms with Crippen LogP contribution >= 0.6 is 12.2 Å². The summed E-state index contributed by atoms with van der Waals surface area (Å²) in [5, 5.41) is 0.597. The molecule has 0 aliphatic carbocycles. The summed E-state index contributed by atoms with van der Waals surface area (Å²) in [5.41, 5.74) is 0. The number of rotatable bonds is 5. The van der Waals surface area contributed by atoms with Gasteiger partial charge >= 0.3 is 0 Å². The summed E-state index contributed by atoms with van der Waals surface area (Å²) in [4.78, 5) is 9.39. The highest BCUT2D eigenvalue weighted by Crippen LogP contribution is 2.00. The first-order chi connectivity index (χ1) is 7.06. The van der Waals surface area contributed by atoms with Crippen LogP contribution in [0, 0.1) is 0 Å². The van der Waals surface area contributed by atoms with Crippen LogP contribution in [0.4, 0.5) is 0 Å². The van der Waals surface area contributed by atoms with Crippen molar-refractivity contribution in [2.45, 2.75) is 0 Å². The third-order valence-electron chi connectivity index (χ3n) is 1.56. The van der Waals surface area contributed by atoms with Crippen LogP contribution in [0.15, 0.2) is 30.6 Å². The van der Waals surface area contributed by atoms with Crippen molar-refractivity contribution in [3.63, 3.8) is 0 Å². The second-order valence-electron chi connectivity index (χ2n) is 3.12. The van der Waals surface area contributed by atoms with E-state index in [4.69, 9.17) is 12.2 Å². The highest BCUT2D eigenvalue weighted by Gasteiger charge is 2.11. The molecule has 0 fully saturated rings. The molecule has 0 N–H and O–H groups in total. The van der Waals surface area contributed by atoms with Crippen molar-refractivity contribution >= 4 is 23.7 Å². The van der Waals surface area contributed by atoms with Gasteiger partial charge in [0, 0.05) is 19.4 Å². The molecule has 0 aliphatic heterocycles. The molecule has 0 aliphatic rings. The van der Waals surface area contributed by atoms with Gasteiger partial charge in [-0.3, -0.25) is 14.8 Å². The van der Waals surface area contributed by atoms with Gasteiger partial charge in [0.25, 0.3) is 0 Å². The SMILES string of the molecule is C=CN(C=NC)C(=S)N(C=C)CN(C)C. The molecule has 0 unspecified atom stereocenters. The van der Waals surface area contributed by atoms with Crippen molar-refractivity contribution in [1.29, 1.82) is 0 Å². The fourth-order valence-corrected chi connectivity index (χ4v) is 1.20. The molecule has 84 valence electrons. The fourth-order valence-electron chi connectivity index (χ4n) is 0.948. The standard InChI is InChI=1S/C10H18N4S/c1-6-13(8-11-3)10(15)14(7-2)9-12(4)5/h6-8H,1-2,9H2,3-5H3. The maximum Gasteiger partial charge on any atom is 0.186 e. The summed E-state index contributed by atoms with van der Waals surface area (Å²) < 4.78 is 0. The third kappa shape index (κ3) is 4.71. The molecule has 0 saturated heterocycles. The molecule has 0 radical (unpaired) electrons. The average Bonchev–Trinajstić information content (AvgIpc) is 2.21. The van der Waals surface area contributed by atoms with Crippen LogP contribution in [0.5, 0.6) is 0 Å². The molecule has 0 atom stereocenters. The van der Waals surface area contributed by atoms with Gasteiger partial charge in [-0.2, -0.15) is 0 Å². The number of hydrogen-bond acceptors (Lipinski definition) is 3. The highest BCUT2D eigenvalue weighted by molar-refractivity contribution is 7.80. The van der Waals surface area contributed by atoms with Gasteiger partial charge in [-0.05, 0) is 26.3 Å². The Morgan fingerprint density at radius 3 is 2.27 bits per heavy atom. The Bertz CT molecular complexity index is 260. The largest absolute Gasteiger partial charge is 0.312 e. The van der Waals surface area contributed by atoms with Gasteiger partial charge in [0.1, 0.15) is 0 Å². The lowest BCUT2D eigenvalue weighted by molar-refractivity contribution is 0.301. The van der Waals surface area contributed by atoms with Crippen LogP contribution in [0.2, 0.25) is 0 Å². The number of hydrogen-bond donors (Lipinski definition) is 0. The van der Waals surface area contributed by atoms with E-state index in [1.54, 1.807) is 30.7 Å². The second kappa shape index (κ2) is 7.14. The molecule has 0 rings (SSSR count). The zero-order valence-electron chi connectivity index (χ0n) is 9.55. The summed E-state index contributed by atoms with van der Waals surface area (Å²) in [6, 6.07) is 0. The van der Waals surface area contributed by atoms with Crippen molar-refractivity contribution in [3.05, 3.63) is 25.6 Å². The Hall–Kier alpha value is -1.20. The topological polar surface area (TPSA) is 22.1 Å². The van der Waals surface area contributed by atoms with E-state index in [9.17, 15) is 0 Å². The van der Waals surface area contributed by atoms with Crippen molar-refractivity contribution in [2.24, 2.45) is 4.99 Å². The Morgan fingerprint density at radius 1 is 1.33 bits per heavy atom. The van der Waals surface area contributed by atoms with Gasteiger partial charge in [-0.25, -0.2) is 0 Å². The zero-order chi connectivity index (χ0) is 11.8. The molecular formula is C10H18N4S. The predicted octanol–water partition coefficient (Wildman–Crippen LogP) is 1.34. The van der Waals surface area contributed by atoms with Crippen molar-refractivity contribution in [2.75, 3.05) is 27.8 Å². The highest BCUT2D eigenvalue weighted by atomic mass is 32.1. The molecule has 4 nitrogen and oxygen atoms in total. The third-order valence-corrected chi connectivity index (χ3v) is 2.00. The minimum absolute atomic E-state index is 0.597. The molecular weight excluding hydrogens is 208 g/mol. The van der Waals surface area contributed by atoms with Crippen LogP contribution in [-0.4, -0.2) is 54.0 Å². The summed E-state index contributed by atoms with van der Waals surface area (Å²) in [6.45, 7) is 8.06. The average molecular weight is 226 g/mol. The zero-order valence-corrected chi connectivity index (χ0v) is 10.4. The number of thiocarbonyl (C=S) groups is 1. The van der Waals surface area contributed by atoms with E-state index in [0.29, 0.717) is 11.8 Å². The van der Waals surface area contributed by atoms with Gasteiger partial charge in [0.05, 0.1) is 13.0 Å². The Labute approximate surface area is 97.2 Å². The Morgan fingerprint density at radius 2 is 1.93 bits per heavy atom. The number of nitrogens with zero attached hydrogens (tertiary/aromatic N) is 4. The summed E-state index contributed by atoms with van der Waals surface area (Å²) in [6.07, 6.45) is 4.91. The lowest BCUT2D eigenvalue weighted by Gasteiger charge is -2.28. The molecule has 0 aromatic heterocycles. The molecule has 0 bridgehead atoms. The van der Waals surface area contributed by atoms with E-state index in [0.717, 1.165) is 0 Å². The van der Waals surface area contributed by atoms with Crippen molar-refractivity contribution in [3.8, 4) is 0 Å². The van der Waals surface area contributed by atoms with E-state index in [2.05, 4.69) is 18.2 Å². The van der Waals surface area contributed by atoms with E-state index in [-0.39, 0.29) is 0 Å².